The zero-order chi connectivity index (χ0) is 83.4. The number of benzene rings is 18. The first kappa shape index (κ1) is 75.2. The summed E-state index contributed by atoms with van der Waals surface area (Å²) < 4.78 is 40.5. The van der Waals surface area contributed by atoms with Gasteiger partial charge >= 0.3 is 0 Å². The first-order valence-electron chi connectivity index (χ1n) is 42.8. The van der Waals surface area contributed by atoms with Crippen LogP contribution in [0.4, 0.5) is 0 Å². The van der Waals surface area contributed by atoms with E-state index in [-0.39, 0.29) is 20.1 Å². The van der Waals surface area contributed by atoms with Crippen LogP contribution in [0.25, 0.3) is 100 Å². The van der Waals surface area contributed by atoms with Crippen molar-refractivity contribution in [2.24, 2.45) is 0 Å². The molecule has 0 radical (unpaired) electrons. The molecule has 6 heterocycles. The van der Waals surface area contributed by atoms with Crippen LogP contribution in [0.3, 0.4) is 0 Å². The Bertz CT molecular complexity index is 7370. The number of fused-ring (bicyclic) bond motifs is 12. The van der Waals surface area contributed by atoms with E-state index >= 15 is 0 Å². The molecule has 0 aromatic heterocycles. The average Bonchev–Trinajstić information content (AvgIpc) is 0.722. The van der Waals surface area contributed by atoms with Gasteiger partial charge in [-0.25, -0.2) is 0 Å². The van der Waals surface area contributed by atoms with Gasteiger partial charge in [0.15, 0.2) is 0 Å². The summed E-state index contributed by atoms with van der Waals surface area (Å²) in [5, 5.41) is 0. The zero-order valence-corrected chi connectivity index (χ0v) is 70.0. The van der Waals surface area contributed by atoms with Crippen LogP contribution >= 0.6 is 0 Å². The molecule has 6 aliphatic heterocycles. The van der Waals surface area contributed by atoms with Gasteiger partial charge in [-0.1, -0.05) is 303 Å². The van der Waals surface area contributed by atoms with E-state index in [1.165, 1.54) is 117 Å². The Kier molecular flexibility index (Phi) is 18.7. The monoisotopic (exact) mass is 1590 g/mol. The van der Waals surface area contributed by atoms with Crippen LogP contribution in [0, 0.1) is 48.5 Å². The molecule has 6 aliphatic rings. The highest BCUT2D eigenvalue weighted by Crippen LogP contribution is 2.48. The van der Waals surface area contributed by atoms with E-state index < -0.39 is 0 Å². The Labute approximate surface area is 725 Å². The number of ether oxygens (including phenoxy) is 6. The van der Waals surface area contributed by atoms with E-state index in [0.29, 0.717) is 0 Å². The second kappa shape index (κ2) is 30.9. The lowest BCUT2D eigenvalue weighted by atomic mass is 9.34. The molecule has 0 N–H and O–H groups in total. The zero-order valence-electron chi connectivity index (χ0n) is 70.0. The van der Waals surface area contributed by atoms with Gasteiger partial charge in [0.2, 0.25) is 0 Å². The number of rotatable bonds is 9. The molecule has 0 saturated carbocycles. The third kappa shape index (κ3) is 13.1. The molecule has 0 saturated heterocycles. The maximum Gasteiger partial charge on any atom is 0.260 e. The molecule has 588 valence electrons. The molecule has 18 aromatic rings. The molecule has 0 amide bonds. The van der Waals surface area contributed by atoms with Crippen molar-refractivity contribution >= 4 is 69.3 Å². The van der Waals surface area contributed by atoms with Crippen molar-refractivity contribution < 1.29 is 28.4 Å². The number of hydrogen-bond acceptors (Lipinski definition) is 6. The molecule has 6 nitrogen and oxygen atoms in total. The third-order valence-corrected chi connectivity index (χ3v) is 25.9. The first-order valence-corrected chi connectivity index (χ1v) is 42.8. The summed E-state index contributed by atoms with van der Waals surface area (Å²) in [5.41, 5.74) is 40.0. The van der Waals surface area contributed by atoms with Crippen molar-refractivity contribution in [1.82, 2.24) is 0 Å². The van der Waals surface area contributed by atoms with Gasteiger partial charge in [-0.15, -0.1) is 0 Å². The molecule has 0 fully saturated rings. The van der Waals surface area contributed by atoms with Crippen molar-refractivity contribution in [3.8, 4) is 169 Å². The lowest BCUT2D eigenvalue weighted by molar-refractivity contribution is 0.465. The predicted octanol–water partition coefficient (Wildman–Crippen LogP) is 24.4. The second-order valence-electron chi connectivity index (χ2n) is 33.4. The van der Waals surface area contributed by atoms with Gasteiger partial charge in [-0.2, -0.15) is 0 Å². The molecule has 24 rings (SSSR count). The molecule has 0 spiro atoms. The Hall–Kier alpha value is -15.0. The summed E-state index contributed by atoms with van der Waals surface area (Å²) >= 11 is 0. The average molecular weight is 1590 g/mol. The first-order chi connectivity index (χ1) is 60.9. The summed E-state index contributed by atoms with van der Waals surface area (Å²) in [5.74, 6) is 10.6. The number of aryl methyl sites for hydroxylation is 7. The minimum atomic E-state index is -0.0126. The minimum absolute atomic E-state index is 0.00829. The summed E-state index contributed by atoms with van der Waals surface area (Å²) in [6.07, 6.45) is 0. The van der Waals surface area contributed by atoms with Crippen molar-refractivity contribution in [2.45, 2.75) is 48.5 Å². The molecule has 0 unspecified atom stereocenters. The van der Waals surface area contributed by atoms with Crippen molar-refractivity contribution in [3.63, 3.8) is 0 Å². The molecule has 124 heavy (non-hydrogen) atoms. The maximum absolute atomic E-state index is 6.94. The fourth-order valence-corrected chi connectivity index (χ4v) is 19.6. The predicted molar refractivity (Wildman–Crippen MR) is 514 cm³/mol. The molecule has 9 heteroatoms. The van der Waals surface area contributed by atoms with E-state index in [1.54, 1.807) is 0 Å². The van der Waals surface area contributed by atoms with Gasteiger partial charge in [-0.3, -0.25) is 0 Å². The van der Waals surface area contributed by atoms with Crippen molar-refractivity contribution in [3.05, 3.63) is 415 Å². The molecule has 18 aromatic carbocycles. The lowest BCUT2D eigenvalue weighted by Gasteiger charge is -2.34. The van der Waals surface area contributed by atoms with E-state index in [4.69, 9.17) is 28.4 Å². The Morgan fingerprint density at radius 2 is 0.371 bits per heavy atom. The van der Waals surface area contributed by atoms with E-state index in [9.17, 15) is 0 Å². The van der Waals surface area contributed by atoms with Gasteiger partial charge in [0, 0.05) is 33.1 Å². The van der Waals surface area contributed by atoms with Gasteiger partial charge in [0.25, 0.3) is 20.1 Å². The Balaban J connectivity index is 0.000000111. The highest BCUT2D eigenvalue weighted by molar-refractivity contribution is 7.00. The Morgan fingerprint density at radius 1 is 0.145 bits per heavy atom. The third-order valence-electron chi connectivity index (χ3n) is 25.9. The van der Waals surface area contributed by atoms with Crippen molar-refractivity contribution in [2.75, 3.05) is 0 Å². The van der Waals surface area contributed by atoms with Crippen LogP contribution in [-0.4, -0.2) is 20.1 Å². The standard InChI is InChI=1S/C39H29BO2.2C38H27BO2/c1-24-10-4-7-13-29(24)27-17-20-35-34(22-27)40-33-19-16-28(30-14-8-5-11-25(30)2)23-37(33)42-39-32(18-21-36(41-35)38(39)40)31-15-9-6-12-26(31)3;1-24-10-6-8-14-29(24)28-16-19-32-36(23-28)41-38-31(30-15-9-7-11-25(30)2)18-21-35-37(38)39(32)33-22-27(17-20-34(33)40-35)26-12-4-3-5-13-26;1-24-10-6-8-14-29(24)28-17-20-34-33(22-28)39-32-19-16-27(26-12-4-3-5-13-26)23-36(32)41-38-31(18-21-35(40-34)37(38)39)30-15-9-7-11-25(30)2/h4-23H,1-3H3;2*3-23H,1-2H3. The SMILES string of the molecule is Cc1ccccc1-c1ccc2c(c1)B1c3ccc(-c4ccccc4)cc3Oc3c(-c4ccccc4C)ccc(c31)O2.Cc1ccccc1-c1ccc2c(c1)Oc1c(-c3ccccc3C)ccc3c1B2c1cc(-c2ccccc2)ccc1O3.Cc1ccccc1-c1ccc2c(c1)Oc1c(-c3ccccc3C)ccc3c1B2c1cc(-c2ccccc2C)ccc1O3. The van der Waals surface area contributed by atoms with Gasteiger partial charge < -0.3 is 28.4 Å². The quantitative estimate of drug-likeness (QED) is 0.134. The molecule has 0 atom stereocenters. The second-order valence-corrected chi connectivity index (χ2v) is 33.4. The Morgan fingerprint density at radius 3 is 0.677 bits per heavy atom. The van der Waals surface area contributed by atoms with E-state index in [2.05, 4.69) is 425 Å². The van der Waals surface area contributed by atoms with Gasteiger partial charge in [-0.05, 0) is 276 Å². The molecular weight excluding hydrogens is 1510 g/mol. The van der Waals surface area contributed by atoms with E-state index in [0.717, 1.165) is 141 Å². The van der Waals surface area contributed by atoms with Crippen LogP contribution in [0.1, 0.15) is 38.9 Å². The summed E-state index contributed by atoms with van der Waals surface area (Å²) in [4.78, 5) is 0. The van der Waals surface area contributed by atoms with Crippen LogP contribution < -0.4 is 77.6 Å². The van der Waals surface area contributed by atoms with Crippen LogP contribution in [0.15, 0.2) is 376 Å². The van der Waals surface area contributed by atoms with Crippen LogP contribution in [0.2, 0.25) is 0 Å². The topological polar surface area (TPSA) is 55.4 Å². The smallest absolute Gasteiger partial charge is 0.260 e. The fraction of sp³-hybridized carbons (Fsp3) is 0.0609. The van der Waals surface area contributed by atoms with Crippen molar-refractivity contribution in [1.29, 1.82) is 0 Å². The molecule has 0 aliphatic carbocycles. The highest BCUT2D eigenvalue weighted by Gasteiger charge is 2.46. The maximum atomic E-state index is 6.94. The highest BCUT2D eigenvalue weighted by atomic mass is 16.5. The van der Waals surface area contributed by atoms with Crippen LogP contribution in [0.5, 0.6) is 69.0 Å². The van der Waals surface area contributed by atoms with Crippen LogP contribution in [-0.2, 0) is 0 Å². The van der Waals surface area contributed by atoms with E-state index in [1.807, 2.05) is 0 Å². The van der Waals surface area contributed by atoms with Gasteiger partial charge in [0.1, 0.15) is 69.0 Å². The summed E-state index contributed by atoms with van der Waals surface area (Å²) in [7, 11) is 0. The summed E-state index contributed by atoms with van der Waals surface area (Å²) in [6, 6.07) is 133. The lowest BCUT2D eigenvalue weighted by Crippen LogP contribution is -2.57. The summed E-state index contributed by atoms with van der Waals surface area (Å²) in [6.45, 7) is 15.1. The largest absolute Gasteiger partial charge is 0.458 e. The molecule has 0 bridgehead atoms. The fourth-order valence-electron chi connectivity index (χ4n) is 19.6. The normalized spacial score (nSPS) is 12.5. The minimum Gasteiger partial charge on any atom is -0.458 e. The molecular formula is C115H83B3O6. The number of hydrogen-bond donors (Lipinski definition) is 0. The van der Waals surface area contributed by atoms with Gasteiger partial charge in [0.05, 0.1) is 0 Å².